The summed E-state index contributed by atoms with van der Waals surface area (Å²) in [5, 5.41) is 0. The highest BCUT2D eigenvalue weighted by molar-refractivity contribution is 6.02. The van der Waals surface area contributed by atoms with Gasteiger partial charge in [0.2, 0.25) is 0 Å². The third kappa shape index (κ3) is 2.68. The van der Waals surface area contributed by atoms with E-state index in [-0.39, 0.29) is 11.9 Å². The van der Waals surface area contributed by atoms with E-state index < -0.39 is 5.60 Å². The molecule has 2 heterocycles. The number of carbonyl (C=O) groups excluding carboxylic acids is 1. The van der Waals surface area contributed by atoms with E-state index in [4.69, 9.17) is 14.2 Å². The highest BCUT2D eigenvalue weighted by atomic mass is 16.5. The molecule has 2 aliphatic heterocycles. The van der Waals surface area contributed by atoms with E-state index in [0.29, 0.717) is 29.2 Å². The molecule has 2 aromatic rings. The van der Waals surface area contributed by atoms with Gasteiger partial charge in [0.25, 0.3) is 0 Å². The van der Waals surface area contributed by atoms with Gasteiger partial charge in [0.1, 0.15) is 17.5 Å². The Balaban J connectivity index is 1.84. The molecule has 4 heteroatoms. The number of benzene rings is 2. The minimum atomic E-state index is -0.438. The summed E-state index contributed by atoms with van der Waals surface area (Å²) < 4.78 is 17.8. The molecular formula is C21H20O4. The van der Waals surface area contributed by atoms with Crippen molar-refractivity contribution in [1.29, 1.82) is 0 Å². The molecule has 0 radical (unpaired) electrons. The Hall–Kier alpha value is -2.75. The van der Waals surface area contributed by atoms with Crippen LogP contribution in [0.1, 0.15) is 47.9 Å². The fourth-order valence-corrected chi connectivity index (χ4v) is 3.28. The lowest BCUT2D eigenvalue weighted by Gasteiger charge is -2.33. The molecule has 25 heavy (non-hydrogen) atoms. The monoisotopic (exact) mass is 336 g/mol. The van der Waals surface area contributed by atoms with E-state index in [0.717, 1.165) is 11.1 Å². The molecular weight excluding hydrogens is 316 g/mol. The van der Waals surface area contributed by atoms with Crippen LogP contribution in [0.2, 0.25) is 0 Å². The lowest BCUT2D eigenvalue weighted by atomic mass is 9.92. The lowest BCUT2D eigenvalue weighted by Crippen LogP contribution is -2.29. The average molecular weight is 336 g/mol. The van der Waals surface area contributed by atoms with Crippen molar-refractivity contribution in [3.05, 3.63) is 59.2 Å². The van der Waals surface area contributed by atoms with Gasteiger partial charge in [0.05, 0.1) is 24.7 Å². The van der Waals surface area contributed by atoms with Crippen LogP contribution in [0.3, 0.4) is 0 Å². The number of carbonyl (C=O) groups is 1. The number of hydrogen-bond donors (Lipinski definition) is 0. The van der Waals surface area contributed by atoms with Crippen LogP contribution in [-0.2, 0) is 0 Å². The minimum Gasteiger partial charge on any atom is -0.493 e. The molecule has 2 aliphatic rings. The van der Waals surface area contributed by atoms with Crippen molar-refractivity contribution in [2.45, 2.75) is 32.0 Å². The first-order valence-electron chi connectivity index (χ1n) is 8.36. The summed E-state index contributed by atoms with van der Waals surface area (Å²) in [5.74, 6) is 1.80. The number of fused-ring (bicyclic) bond motifs is 3. The van der Waals surface area contributed by atoms with Gasteiger partial charge in [-0.05, 0) is 37.6 Å². The summed E-state index contributed by atoms with van der Waals surface area (Å²) in [4.78, 5) is 12.8. The fraction of sp³-hybridized carbons (Fsp3) is 0.286. The summed E-state index contributed by atoms with van der Waals surface area (Å²) in [6, 6.07) is 11.5. The largest absolute Gasteiger partial charge is 0.493 e. The molecule has 0 spiro atoms. The zero-order chi connectivity index (χ0) is 17.6. The van der Waals surface area contributed by atoms with Gasteiger partial charge in [-0.3, -0.25) is 4.79 Å². The molecule has 128 valence electrons. The lowest BCUT2D eigenvalue weighted by molar-refractivity contribution is 0.0844. The molecule has 0 saturated heterocycles. The predicted molar refractivity (Wildman–Crippen MR) is 95.5 cm³/mol. The van der Waals surface area contributed by atoms with Gasteiger partial charge in [-0.1, -0.05) is 30.3 Å². The van der Waals surface area contributed by atoms with E-state index in [1.165, 1.54) is 0 Å². The van der Waals surface area contributed by atoms with Gasteiger partial charge >= 0.3 is 0 Å². The zero-order valence-electron chi connectivity index (χ0n) is 14.5. The van der Waals surface area contributed by atoms with Crippen LogP contribution >= 0.6 is 0 Å². The maximum atomic E-state index is 12.8. The van der Waals surface area contributed by atoms with Crippen LogP contribution in [0.25, 0.3) is 6.08 Å². The predicted octanol–water partition coefficient (Wildman–Crippen LogP) is 4.59. The number of methoxy groups -OCH3 is 1. The zero-order valence-corrected chi connectivity index (χ0v) is 14.5. The molecule has 1 atom stereocenters. The van der Waals surface area contributed by atoms with Gasteiger partial charge < -0.3 is 14.2 Å². The first-order chi connectivity index (χ1) is 12.0. The van der Waals surface area contributed by atoms with Crippen molar-refractivity contribution in [1.82, 2.24) is 0 Å². The second-order valence-electron chi connectivity index (χ2n) is 6.88. The third-order valence-electron chi connectivity index (χ3n) is 4.57. The molecule has 0 saturated carbocycles. The number of hydrogen-bond acceptors (Lipinski definition) is 4. The van der Waals surface area contributed by atoms with Crippen molar-refractivity contribution in [2.75, 3.05) is 7.11 Å². The quantitative estimate of drug-likeness (QED) is 0.805. The Kier molecular flexibility index (Phi) is 3.57. The van der Waals surface area contributed by atoms with E-state index in [1.807, 2.05) is 56.3 Å². The first kappa shape index (κ1) is 15.8. The molecule has 0 aliphatic carbocycles. The Morgan fingerprint density at radius 2 is 1.92 bits per heavy atom. The SMILES string of the molecule is COc1cc2c(c3c1OC(C)(C)C=C3)O[C@@H](c1ccccc1)CC2=O. The second-order valence-corrected chi connectivity index (χ2v) is 6.88. The molecule has 0 fully saturated rings. The van der Waals surface area contributed by atoms with Crippen LogP contribution < -0.4 is 14.2 Å². The summed E-state index contributed by atoms with van der Waals surface area (Å²) >= 11 is 0. The molecule has 4 rings (SSSR count). The van der Waals surface area contributed by atoms with Crippen molar-refractivity contribution in [3.8, 4) is 17.2 Å². The van der Waals surface area contributed by atoms with E-state index >= 15 is 0 Å². The third-order valence-corrected chi connectivity index (χ3v) is 4.57. The van der Waals surface area contributed by atoms with Gasteiger partial charge in [-0.15, -0.1) is 0 Å². The Morgan fingerprint density at radius 3 is 2.64 bits per heavy atom. The number of ketones is 1. The molecule has 0 bridgehead atoms. The van der Waals surface area contributed by atoms with Crippen molar-refractivity contribution in [3.63, 3.8) is 0 Å². The maximum absolute atomic E-state index is 12.8. The Morgan fingerprint density at radius 1 is 1.16 bits per heavy atom. The molecule has 0 amide bonds. The highest BCUT2D eigenvalue weighted by Crippen LogP contribution is 2.49. The van der Waals surface area contributed by atoms with Gasteiger partial charge in [0.15, 0.2) is 17.3 Å². The highest BCUT2D eigenvalue weighted by Gasteiger charge is 2.35. The van der Waals surface area contributed by atoms with Crippen LogP contribution in [0.4, 0.5) is 0 Å². The van der Waals surface area contributed by atoms with E-state index in [1.54, 1.807) is 13.2 Å². The minimum absolute atomic E-state index is 0.0504. The van der Waals surface area contributed by atoms with Crippen LogP contribution in [0, 0.1) is 0 Å². The van der Waals surface area contributed by atoms with Gasteiger partial charge in [0, 0.05) is 0 Å². The van der Waals surface area contributed by atoms with Crippen LogP contribution in [-0.4, -0.2) is 18.5 Å². The van der Waals surface area contributed by atoms with Crippen LogP contribution in [0.5, 0.6) is 17.2 Å². The van der Waals surface area contributed by atoms with Crippen molar-refractivity contribution in [2.24, 2.45) is 0 Å². The number of Topliss-reactive ketones (excluding diaryl/α,β-unsaturated/α-hetero) is 1. The molecule has 2 aromatic carbocycles. The number of rotatable bonds is 2. The van der Waals surface area contributed by atoms with Crippen molar-refractivity contribution >= 4 is 11.9 Å². The maximum Gasteiger partial charge on any atom is 0.173 e. The van der Waals surface area contributed by atoms with Gasteiger partial charge in [-0.25, -0.2) is 0 Å². The standard InChI is InChI=1S/C21H20O4/c1-21(2)10-9-14-19-15(11-18(23-3)20(14)25-21)16(22)12-17(24-19)13-7-5-4-6-8-13/h4-11,17H,12H2,1-3H3/t17-/m1/s1. The smallest absolute Gasteiger partial charge is 0.173 e. The van der Waals surface area contributed by atoms with E-state index in [9.17, 15) is 4.79 Å². The van der Waals surface area contributed by atoms with Crippen LogP contribution in [0.15, 0.2) is 42.5 Å². The summed E-state index contributed by atoms with van der Waals surface area (Å²) in [7, 11) is 1.58. The average Bonchev–Trinajstić information content (AvgIpc) is 2.61. The second kappa shape index (κ2) is 5.66. The first-order valence-corrected chi connectivity index (χ1v) is 8.36. The molecule has 0 N–H and O–H groups in total. The summed E-state index contributed by atoms with van der Waals surface area (Å²) in [5.41, 5.74) is 1.87. The summed E-state index contributed by atoms with van der Waals surface area (Å²) in [6.45, 7) is 3.95. The topological polar surface area (TPSA) is 44.8 Å². The van der Waals surface area contributed by atoms with Gasteiger partial charge in [-0.2, -0.15) is 0 Å². The van der Waals surface area contributed by atoms with E-state index in [2.05, 4.69) is 0 Å². The Labute approximate surface area is 147 Å². The number of ether oxygens (including phenoxy) is 3. The summed E-state index contributed by atoms with van der Waals surface area (Å²) in [6.07, 6.45) is 3.95. The Bertz CT molecular complexity index is 865. The fourth-order valence-electron chi connectivity index (χ4n) is 3.28. The normalized spacial score (nSPS) is 20.1. The molecule has 4 nitrogen and oxygen atoms in total. The molecule has 0 aromatic heterocycles. The van der Waals surface area contributed by atoms with Crippen molar-refractivity contribution < 1.29 is 19.0 Å². The molecule has 0 unspecified atom stereocenters.